The molecule has 0 radical (unpaired) electrons. The summed E-state index contributed by atoms with van der Waals surface area (Å²) in [6.07, 6.45) is 3.29. The third-order valence-electron chi connectivity index (χ3n) is 3.80. The maximum Gasteiger partial charge on any atom is 0.323 e. The SMILES string of the molecule is CCCOc1nc(NN)nc(N2CCCC(C)C2C)n1. The number of hydrogen-bond donors (Lipinski definition) is 2. The molecule has 2 heterocycles. The summed E-state index contributed by atoms with van der Waals surface area (Å²) in [4.78, 5) is 15.1. The molecule has 2 atom stereocenters. The fourth-order valence-electron chi connectivity index (χ4n) is 2.41. The van der Waals surface area contributed by atoms with Gasteiger partial charge in [0.25, 0.3) is 0 Å². The lowest BCUT2D eigenvalue weighted by Gasteiger charge is -2.37. The van der Waals surface area contributed by atoms with Gasteiger partial charge in [0, 0.05) is 12.6 Å². The first-order chi connectivity index (χ1) is 9.65. The minimum Gasteiger partial charge on any atom is -0.463 e. The van der Waals surface area contributed by atoms with Gasteiger partial charge in [0.15, 0.2) is 0 Å². The number of ether oxygens (including phenoxy) is 1. The van der Waals surface area contributed by atoms with Gasteiger partial charge in [-0.05, 0) is 32.1 Å². The van der Waals surface area contributed by atoms with Crippen LogP contribution in [0, 0.1) is 5.92 Å². The van der Waals surface area contributed by atoms with E-state index in [0.717, 1.165) is 19.4 Å². The van der Waals surface area contributed by atoms with Crippen LogP contribution in [0.25, 0.3) is 0 Å². The Kier molecular flexibility index (Phi) is 4.94. The van der Waals surface area contributed by atoms with Gasteiger partial charge < -0.3 is 9.64 Å². The van der Waals surface area contributed by atoms with Gasteiger partial charge in [0.1, 0.15) is 0 Å². The molecule has 7 nitrogen and oxygen atoms in total. The van der Waals surface area contributed by atoms with Gasteiger partial charge in [-0.1, -0.05) is 13.8 Å². The van der Waals surface area contributed by atoms with E-state index in [1.807, 2.05) is 6.92 Å². The van der Waals surface area contributed by atoms with Crippen molar-refractivity contribution in [3.8, 4) is 6.01 Å². The molecular weight excluding hydrogens is 256 g/mol. The molecule has 0 saturated carbocycles. The van der Waals surface area contributed by atoms with Gasteiger partial charge in [-0.15, -0.1) is 0 Å². The molecule has 1 saturated heterocycles. The molecule has 112 valence electrons. The second-order valence-corrected chi connectivity index (χ2v) is 5.29. The van der Waals surface area contributed by atoms with Crippen molar-refractivity contribution in [2.45, 2.75) is 46.1 Å². The van der Waals surface area contributed by atoms with Crippen LogP contribution in [0.15, 0.2) is 0 Å². The molecule has 0 aliphatic carbocycles. The number of rotatable bonds is 5. The smallest absolute Gasteiger partial charge is 0.323 e. The normalized spacial score (nSPS) is 22.7. The zero-order valence-corrected chi connectivity index (χ0v) is 12.5. The quantitative estimate of drug-likeness (QED) is 0.625. The Morgan fingerprint density at radius 2 is 2.15 bits per heavy atom. The maximum absolute atomic E-state index is 5.51. The van der Waals surface area contributed by atoms with Gasteiger partial charge in [-0.3, -0.25) is 5.43 Å². The van der Waals surface area contributed by atoms with E-state index in [0.29, 0.717) is 36.5 Å². The molecule has 7 heteroatoms. The Bertz CT molecular complexity index is 441. The van der Waals surface area contributed by atoms with E-state index in [9.17, 15) is 0 Å². The van der Waals surface area contributed by atoms with Crippen LogP contribution in [-0.2, 0) is 0 Å². The predicted octanol–water partition coefficient (Wildman–Crippen LogP) is 1.57. The molecule has 1 aromatic rings. The molecule has 0 amide bonds. The van der Waals surface area contributed by atoms with E-state index >= 15 is 0 Å². The van der Waals surface area contributed by atoms with Crippen molar-refractivity contribution in [2.75, 3.05) is 23.5 Å². The molecule has 1 aromatic heterocycles. The average Bonchev–Trinajstić information content (AvgIpc) is 2.47. The van der Waals surface area contributed by atoms with Gasteiger partial charge in [0.05, 0.1) is 6.61 Å². The lowest BCUT2D eigenvalue weighted by atomic mass is 9.92. The van der Waals surface area contributed by atoms with E-state index in [-0.39, 0.29) is 0 Å². The Labute approximate surface area is 119 Å². The van der Waals surface area contributed by atoms with Crippen molar-refractivity contribution in [3.63, 3.8) is 0 Å². The minimum atomic E-state index is 0.329. The number of nitrogens with one attached hydrogen (secondary N) is 1. The van der Waals surface area contributed by atoms with Crippen LogP contribution in [0.1, 0.15) is 40.0 Å². The van der Waals surface area contributed by atoms with Crippen LogP contribution in [0.5, 0.6) is 6.01 Å². The number of nitrogens with zero attached hydrogens (tertiary/aromatic N) is 4. The fraction of sp³-hybridized carbons (Fsp3) is 0.769. The fourth-order valence-corrected chi connectivity index (χ4v) is 2.41. The van der Waals surface area contributed by atoms with Crippen molar-refractivity contribution >= 4 is 11.9 Å². The lowest BCUT2D eigenvalue weighted by molar-refractivity contribution is 0.290. The highest BCUT2D eigenvalue weighted by Gasteiger charge is 2.27. The Hall–Kier alpha value is -1.63. The van der Waals surface area contributed by atoms with Gasteiger partial charge in [-0.2, -0.15) is 15.0 Å². The first-order valence-electron chi connectivity index (χ1n) is 7.27. The number of hydrazine groups is 1. The van der Waals surface area contributed by atoms with Crippen LogP contribution in [0.2, 0.25) is 0 Å². The van der Waals surface area contributed by atoms with Crippen LogP contribution >= 0.6 is 0 Å². The monoisotopic (exact) mass is 280 g/mol. The van der Waals surface area contributed by atoms with Gasteiger partial charge >= 0.3 is 6.01 Å². The van der Waals surface area contributed by atoms with Gasteiger partial charge in [-0.25, -0.2) is 5.84 Å². The standard InChI is InChI=1S/C13H24N6O/c1-4-8-20-13-16-11(18-14)15-12(17-13)19-7-5-6-9(2)10(19)3/h9-10H,4-8,14H2,1-3H3,(H,15,16,17,18). The number of aromatic nitrogens is 3. The molecule has 0 bridgehead atoms. The number of hydrogen-bond acceptors (Lipinski definition) is 7. The molecule has 1 fully saturated rings. The van der Waals surface area contributed by atoms with Crippen molar-refractivity contribution in [1.82, 2.24) is 15.0 Å². The average molecular weight is 280 g/mol. The van der Waals surface area contributed by atoms with Crippen LogP contribution in [-0.4, -0.2) is 34.1 Å². The third-order valence-corrected chi connectivity index (χ3v) is 3.80. The predicted molar refractivity (Wildman–Crippen MR) is 78.6 cm³/mol. The molecule has 1 aliphatic heterocycles. The molecule has 2 unspecified atom stereocenters. The van der Waals surface area contributed by atoms with Gasteiger partial charge in [0.2, 0.25) is 11.9 Å². The lowest BCUT2D eigenvalue weighted by Crippen LogP contribution is -2.43. The summed E-state index contributed by atoms with van der Waals surface area (Å²) in [7, 11) is 0. The second-order valence-electron chi connectivity index (χ2n) is 5.29. The summed E-state index contributed by atoms with van der Waals surface area (Å²) in [6.45, 7) is 8.04. The number of piperidine rings is 1. The summed E-state index contributed by atoms with van der Waals surface area (Å²) < 4.78 is 5.51. The van der Waals surface area contributed by atoms with E-state index in [4.69, 9.17) is 10.6 Å². The highest BCUT2D eigenvalue weighted by molar-refractivity contribution is 5.39. The molecule has 0 aromatic carbocycles. The molecule has 2 rings (SSSR count). The Morgan fingerprint density at radius 1 is 1.35 bits per heavy atom. The summed E-state index contributed by atoms with van der Waals surface area (Å²) in [5.41, 5.74) is 2.48. The maximum atomic E-state index is 5.51. The van der Waals surface area contributed by atoms with E-state index < -0.39 is 0 Å². The highest BCUT2D eigenvalue weighted by Crippen LogP contribution is 2.27. The summed E-state index contributed by atoms with van der Waals surface area (Å²) >= 11 is 0. The number of nitrogen functional groups attached to an aromatic ring is 1. The van der Waals surface area contributed by atoms with Crippen LogP contribution < -0.4 is 20.9 Å². The minimum absolute atomic E-state index is 0.329. The van der Waals surface area contributed by atoms with E-state index in [1.54, 1.807) is 0 Å². The van der Waals surface area contributed by atoms with Crippen molar-refractivity contribution in [3.05, 3.63) is 0 Å². The van der Waals surface area contributed by atoms with Crippen LogP contribution in [0.3, 0.4) is 0 Å². The number of anilines is 2. The van der Waals surface area contributed by atoms with Crippen molar-refractivity contribution in [2.24, 2.45) is 11.8 Å². The summed E-state index contributed by atoms with van der Waals surface area (Å²) in [6, 6.07) is 0.728. The highest BCUT2D eigenvalue weighted by atomic mass is 16.5. The molecule has 0 spiro atoms. The number of nitrogens with two attached hydrogens (primary N) is 1. The van der Waals surface area contributed by atoms with E-state index in [1.165, 1.54) is 6.42 Å². The largest absolute Gasteiger partial charge is 0.463 e. The Morgan fingerprint density at radius 3 is 2.85 bits per heavy atom. The van der Waals surface area contributed by atoms with Crippen molar-refractivity contribution in [1.29, 1.82) is 0 Å². The zero-order valence-electron chi connectivity index (χ0n) is 12.5. The Balaban J connectivity index is 2.24. The summed E-state index contributed by atoms with van der Waals surface area (Å²) in [5, 5.41) is 0. The molecule has 3 N–H and O–H groups in total. The molecular formula is C13H24N6O. The summed E-state index contributed by atoms with van der Waals surface area (Å²) in [5.74, 6) is 7.03. The first kappa shape index (κ1) is 14.8. The molecule has 20 heavy (non-hydrogen) atoms. The third kappa shape index (κ3) is 3.27. The second kappa shape index (κ2) is 6.69. The molecule has 1 aliphatic rings. The zero-order chi connectivity index (χ0) is 14.5. The van der Waals surface area contributed by atoms with E-state index in [2.05, 4.69) is 39.1 Å². The topological polar surface area (TPSA) is 89.2 Å². The first-order valence-corrected chi connectivity index (χ1v) is 7.27. The van der Waals surface area contributed by atoms with Crippen LogP contribution in [0.4, 0.5) is 11.9 Å². The van der Waals surface area contributed by atoms with Crippen molar-refractivity contribution < 1.29 is 4.74 Å².